The third kappa shape index (κ3) is 2.54. The lowest BCUT2D eigenvalue weighted by Crippen LogP contribution is -2.40. The Labute approximate surface area is 92.3 Å². The quantitative estimate of drug-likeness (QED) is 0.813. The minimum absolute atomic E-state index is 0.198. The Morgan fingerprint density at radius 1 is 1.60 bits per heavy atom. The zero-order chi connectivity index (χ0) is 10.7. The van der Waals surface area contributed by atoms with Crippen LogP contribution in [0.5, 0.6) is 0 Å². The van der Waals surface area contributed by atoms with Crippen molar-refractivity contribution in [2.75, 3.05) is 6.54 Å². The molecule has 0 radical (unpaired) electrons. The number of carbonyl (C=O) groups excluding carboxylic acids is 1. The number of hydrogen-bond acceptors (Lipinski definition) is 4. The summed E-state index contributed by atoms with van der Waals surface area (Å²) in [6.45, 7) is 0.337. The highest BCUT2D eigenvalue weighted by Gasteiger charge is 2.31. The van der Waals surface area contributed by atoms with Gasteiger partial charge in [0.15, 0.2) is 0 Å². The first kappa shape index (κ1) is 10.6. The van der Waals surface area contributed by atoms with Crippen LogP contribution in [0.3, 0.4) is 0 Å². The Kier molecular flexibility index (Phi) is 3.02. The molecule has 2 N–H and O–H groups in total. The number of hydrogen-bond donors (Lipinski definition) is 2. The molecule has 4 nitrogen and oxygen atoms in total. The van der Waals surface area contributed by atoms with Gasteiger partial charge >= 0.3 is 0 Å². The summed E-state index contributed by atoms with van der Waals surface area (Å²) in [6, 6.07) is 0. The average Bonchev–Trinajstić information content (AvgIpc) is 2.85. The van der Waals surface area contributed by atoms with E-state index in [1.807, 2.05) is 0 Å². The zero-order valence-corrected chi connectivity index (χ0v) is 9.22. The van der Waals surface area contributed by atoms with Gasteiger partial charge in [0.2, 0.25) is 0 Å². The van der Waals surface area contributed by atoms with E-state index in [9.17, 15) is 9.90 Å². The topological polar surface area (TPSA) is 62.2 Å². The van der Waals surface area contributed by atoms with Crippen LogP contribution in [0.1, 0.15) is 36.2 Å². The smallest absolute Gasteiger partial charge is 0.270 e. The van der Waals surface area contributed by atoms with Gasteiger partial charge in [-0.1, -0.05) is 12.8 Å². The number of nitrogens with zero attached hydrogens (tertiary/aromatic N) is 1. The van der Waals surface area contributed by atoms with Gasteiger partial charge in [-0.3, -0.25) is 4.79 Å². The summed E-state index contributed by atoms with van der Waals surface area (Å²) in [5.74, 6) is -0.198. The molecule has 2 rings (SSSR count). The standard InChI is InChI=1S/C10H14N2O2S/c13-9(8-5-15-7-12-8)11-6-10(14)3-1-2-4-10/h5,7,14H,1-4,6H2,(H,11,13). The summed E-state index contributed by atoms with van der Waals surface area (Å²) >= 11 is 1.39. The normalized spacial score (nSPS) is 19.0. The summed E-state index contributed by atoms with van der Waals surface area (Å²) in [4.78, 5) is 15.4. The predicted octanol–water partition coefficient (Wildman–Crippen LogP) is 1.18. The first-order valence-electron chi connectivity index (χ1n) is 5.08. The van der Waals surface area contributed by atoms with Crippen LogP contribution < -0.4 is 5.32 Å². The maximum atomic E-state index is 11.5. The summed E-state index contributed by atoms with van der Waals surface area (Å²) in [7, 11) is 0. The summed E-state index contributed by atoms with van der Waals surface area (Å²) in [6.07, 6.45) is 3.65. The summed E-state index contributed by atoms with van der Waals surface area (Å²) in [5.41, 5.74) is 1.37. The zero-order valence-electron chi connectivity index (χ0n) is 8.40. The van der Waals surface area contributed by atoms with Gasteiger partial charge in [0, 0.05) is 11.9 Å². The van der Waals surface area contributed by atoms with Crippen molar-refractivity contribution in [3.8, 4) is 0 Å². The highest BCUT2D eigenvalue weighted by Crippen LogP contribution is 2.28. The fourth-order valence-corrected chi connectivity index (χ4v) is 2.40. The number of aromatic nitrogens is 1. The van der Waals surface area contributed by atoms with E-state index in [1.165, 1.54) is 11.3 Å². The van der Waals surface area contributed by atoms with E-state index in [4.69, 9.17) is 0 Å². The van der Waals surface area contributed by atoms with Crippen molar-refractivity contribution in [2.24, 2.45) is 0 Å². The summed E-state index contributed by atoms with van der Waals surface area (Å²) < 4.78 is 0. The van der Waals surface area contributed by atoms with E-state index in [1.54, 1.807) is 10.9 Å². The minimum atomic E-state index is -0.689. The molecule has 1 heterocycles. The van der Waals surface area contributed by atoms with Gasteiger partial charge in [0.1, 0.15) is 5.69 Å². The molecule has 1 fully saturated rings. The van der Waals surface area contributed by atoms with Crippen molar-refractivity contribution in [1.29, 1.82) is 0 Å². The van der Waals surface area contributed by atoms with Gasteiger partial charge in [0.25, 0.3) is 5.91 Å². The molecule has 1 aromatic heterocycles. The molecule has 1 aromatic rings. The molecule has 0 aromatic carbocycles. The van der Waals surface area contributed by atoms with E-state index in [0.717, 1.165) is 25.7 Å². The minimum Gasteiger partial charge on any atom is -0.388 e. The molecular weight excluding hydrogens is 212 g/mol. The van der Waals surface area contributed by atoms with Crippen LogP contribution in [-0.2, 0) is 0 Å². The highest BCUT2D eigenvalue weighted by molar-refractivity contribution is 7.07. The molecule has 1 aliphatic carbocycles. The first-order chi connectivity index (χ1) is 7.20. The molecule has 15 heavy (non-hydrogen) atoms. The Hall–Kier alpha value is -0.940. The second-order valence-corrected chi connectivity index (χ2v) is 4.71. The number of nitrogens with one attached hydrogen (secondary N) is 1. The van der Waals surface area contributed by atoms with Crippen LogP contribution in [-0.4, -0.2) is 28.1 Å². The van der Waals surface area contributed by atoms with E-state index in [-0.39, 0.29) is 5.91 Å². The third-order valence-corrected chi connectivity index (χ3v) is 3.36. The Balaban J connectivity index is 1.85. The van der Waals surface area contributed by atoms with Crippen molar-refractivity contribution in [1.82, 2.24) is 10.3 Å². The fourth-order valence-electron chi connectivity index (χ4n) is 1.87. The van der Waals surface area contributed by atoms with Crippen LogP contribution in [0, 0.1) is 0 Å². The first-order valence-corrected chi connectivity index (χ1v) is 6.03. The van der Waals surface area contributed by atoms with Crippen LogP contribution in [0.4, 0.5) is 0 Å². The lowest BCUT2D eigenvalue weighted by Gasteiger charge is -2.21. The SMILES string of the molecule is O=C(NCC1(O)CCCC1)c1cscn1. The molecule has 5 heteroatoms. The second kappa shape index (κ2) is 4.28. The molecule has 0 spiro atoms. The molecule has 0 bridgehead atoms. The molecular formula is C10H14N2O2S. The van der Waals surface area contributed by atoms with E-state index in [2.05, 4.69) is 10.3 Å². The fraction of sp³-hybridized carbons (Fsp3) is 0.600. The van der Waals surface area contributed by atoms with Crippen molar-refractivity contribution in [2.45, 2.75) is 31.3 Å². The van der Waals surface area contributed by atoms with Crippen molar-refractivity contribution >= 4 is 17.2 Å². The molecule has 82 valence electrons. The van der Waals surface area contributed by atoms with Gasteiger partial charge in [-0.2, -0.15) is 0 Å². The number of amides is 1. The molecule has 0 aliphatic heterocycles. The Morgan fingerprint density at radius 3 is 2.93 bits per heavy atom. The average molecular weight is 226 g/mol. The van der Waals surface area contributed by atoms with Crippen LogP contribution in [0.2, 0.25) is 0 Å². The number of aliphatic hydroxyl groups is 1. The molecule has 0 atom stereocenters. The largest absolute Gasteiger partial charge is 0.388 e. The predicted molar refractivity (Wildman–Crippen MR) is 57.9 cm³/mol. The number of rotatable bonds is 3. The van der Waals surface area contributed by atoms with Crippen LogP contribution in [0.15, 0.2) is 10.9 Å². The Morgan fingerprint density at radius 2 is 2.33 bits per heavy atom. The van der Waals surface area contributed by atoms with Crippen molar-refractivity contribution < 1.29 is 9.90 Å². The van der Waals surface area contributed by atoms with Crippen molar-refractivity contribution in [3.63, 3.8) is 0 Å². The van der Waals surface area contributed by atoms with Gasteiger partial charge in [-0.05, 0) is 12.8 Å². The van der Waals surface area contributed by atoms with E-state index < -0.39 is 5.60 Å². The van der Waals surface area contributed by atoms with Gasteiger partial charge in [0.05, 0.1) is 11.1 Å². The molecule has 1 aliphatic rings. The molecule has 0 unspecified atom stereocenters. The summed E-state index contributed by atoms with van der Waals surface area (Å²) in [5, 5.41) is 14.4. The third-order valence-electron chi connectivity index (χ3n) is 2.78. The second-order valence-electron chi connectivity index (χ2n) is 3.99. The van der Waals surface area contributed by atoms with Gasteiger partial charge in [-0.15, -0.1) is 11.3 Å². The molecule has 1 saturated carbocycles. The lowest BCUT2D eigenvalue weighted by atomic mass is 10.0. The van der Waals surface area contributed by atoms with Crippen LogP contribution in [0.25, 0.3) is 0 Å². The molecule has 0 saturated heterocycles. The maximum Gasteiger partial charge on any atom is 0.270 e. The number of thiazole rings is 1. The number of carbonyl (C=O) groups is 1. The van der Waals surface area contributed by atoms with E-state index >= 15 is 0 Å². The highest BCUT2D eigenvalue weighted by atomic mass is 32.1. The van der Waals surface area contributed by atoms with Gasteiger partial charge < -0.3 is 10.4 Å². The van der Waals surface area contributed by atoms with E-state index in [0.29, 0.717) is 12.2 Å². The Bertz CT molecular complexity index is 331. The molecule has 1 amide bonds. The van der Waals surface area contributed by atoms with Crippen LogP contribution >= 0.6 is 11.3 Å². The lowest BCUT2D eigenvalue weighted by molar-refractivity contribution is 0.0449. The maximum absolute atomic E-state index is 11.5. The van der Waals surface area contributed by atoms with Gasteiger partial charge in [-0.25, -0.2) is 4.98 Å². The van der Waals surface area contributed by atoms with Crippen molar-refractivity contribution in [3.05, 3.63) is 16.6 Å². The monoisotopic (exact) mass is 226 g/mol.